The first-order valence-corrected chi connectivity index (χ1v) is 8.16. The molecule has 0 N–H and O–H groups in total. The summed E-state index contributed by atoms with van der Waals surface area (Å²) in [6.45, 7) is 0.232. The van der Waals surface area contributed by atoms with E-state index in [0.29, 0.717) is 15.2 Å². The van der Waals surface area contributed by atoms with Gasteiger partial charge in [-0.05, 0) is 40.2 Å². The van der Waals surface area contributed by atoms with Crippen LogP contribution in [0.5, 0.6) is 5.75 Å². The Labute approximate surface area is 147 Å². The predicted molar refractivity (Wildman–Crippen MR) is 94.5 cm³/mol. The molecule has 3 aromatic rings. The molecule has 0 aliphatic heterocycles. The average molecular weight is 394 g/mol. The van der Waals surface area contributed by atoms with E-state index in [2.05, 4.69) is 15.9 Å². The van der Waals surface area contributed by atoms with Crippen molar-refractivity contribution >= 4 is 27.5 Å². The van der Waals surface area contributed by atoms with Crippen molar-refractivity contribution in [2.45, 2.75) is 6.61 Å². The lowest BCUT2D eigenvalue weighted by Gasteiger charge is -2.11. The monoisotopic (exact) mass is 392 g/mol. The Hall–Kier alpha value is -1.98. The van der Waals surface area contributed by atoms with Gasteiger partial charge < -0.3 is 4.74 Å². The third kappa shape index (κ3) is 3.07. The zero-order chi connectivity index (χ0) is 16.4. The van der Waals surface area contributed by atoms with Gasteiger partial charge >= 0.3 is 0 Å². The third-order valence-corrected chi connectivity index (χ3v) is 4.64. The summed E-state index contributed by atoms with van der Waals surface area (Å²) in [6.07, 6.45) is 0. The molecule has 0 fully saturated rings. The number of hydrogen-bond acceptors (Lipinski definition) is 2. The van der Waals surface area contributed by atoms with E-state index in [-0.39, 0.29) is 12.2 Å². The van der Waals surface area contributed by atoms with E-state index >= 15 is 0 Å². The Morgan fingerprint density at radius 1 is 1.09 bits per heavy atom. The molecule has 0 aliphatic carbocycles. The lowest BCUT2D eigenvalue weighted by molar-refractivity contribution is 0.292. The highest BCUT2D eigenvalue weighted by molar-refractivity contribution is 9.10. The van der Waals surface area contributed by atoms with Crippen LogP contribution in [0.15, 0.2) is 63.9 Å². The molecule has 0 radical (unpaired) electrons. The standard InChI is InChI=1S/C17H14BrClN2O2/c1-20-14(11-23-15-10-6-5-9-13(15)19)16(18)17(22)21(20)12-7-3-2-4-8-12/h2-10H,11H2,1H3. The summed E-state index contributed by atoms with van der Waals surface area (Å²) in [6, 6.07) is 16.7. The summed E-state index contributed by atoms with van der Waals surface area (Å²) in [5, 5.41) is 0.538. The van der Waals surface area contributed by atoms with E-state index in [1.807, 2.05) is 49.5 Å². The first-order valence-electron chi connectivity index (χ1n) is 6.98. The number of aromatic nitrogens is 2. The first-order chi connectivity index (χ1) is 11.1. The molecule has 0 unspecified atom stereocenters. The maximum atomic E-state index is 12.5. The van der Waals surface area contributed by atoms with Gasteiger partial charge in [0, 0.05) is 7.05 Å². The van der Waals surface area contributed by atoms with Crippen LogP contribution in [0, 0.1) is 0 Å². The lowest BCUT2D eigenvalue weighted by Crippen LogP contribution is -2.19. The maximum Gasteiger partial charge on any atom is 0.286 e. The summed E-state index contributed by atoms with van der Waals surface area (Å²) in [5.41, 5.74) is 1.40. The number of hydrogen-bond donors (Lipinski definition) is 0. The van der Waals surface area contributed by atoms with Crippen LogP contribution in [-0.2, 0) is 13.7 Å². The van der Waals surface area contributed by atoms with Crippen LogP contribution in [0.1, 0.15) is 5.69 Å². The van der Waals surface area contributed by atoms with Crippen molar-refractivity contribution in [1.82, 2.24) is 9.36 Å². The smallest absolute Gasteiger partial charge is 0.286 e. The highest BCUT2D eigenvalue weighted by Gasteiger charge is 2.17. The number of benzene rings is 2. The van der Waals surface area contributed by atoms with Crippen LogP contribution in [0.4, 0.5) is 0 Å². The van der Waals surface area contributed by atoms with Crippen molar-refractivity contribution in [3.05, 3.63) is 80.1 Å². The van der Waals surface area contributed by atoms with Crippen LogP contribution in [-0.4, -0.2) is 9.36 Å². The topological polar surface area (TPSA) is 36.2 Å². The summed E-state index contributed by atoms with van der Waals surface area (Å²) >= 11 is 9.47. The van der Waals surface area contributed by atoms with Crippen molar-refractivity contribution in [2.75, 3.05) is 0 Å². The van der Waals surface area contributed by atoms with Gasteiger partial charge in [0.1, 0.15) is 16.8 Å². The van der Waals surface area contributed by atoms with Crippen molar-refractivity contribution < 1.29 is 4.74 Å². The molecule has 0 spiro atoms. The summed E-state index contributed by atoms with van der Waals surface area (Å²) in [4.78, 5) is 12.5. The van der Waals surface area contributed by atoms with E-state index in [4.69, 9.17) is 16.3 Å². The van der Waals surface area contributed by atoms with Gasteiger partial charge in [0.25, 0.3) is 5.56 Å². The van der Waals surface area contributed by atoms with Crippen molar-refractivity contribution in [2.24, 2.45) is 7.05 Å². The minimum absolute atomic E-state index is 0.128. The summed E-state index contributed by atoms with van der Waals surface area (Å²) in [5.74, 6) is 0.584. The molecule has 0 amide bonds. The number of para-hydroxylation sites is 2. The fourth-order valence-electron chi connectivity index (χ4n) is 2.34. The molecule has 0 aliphatic rings. The van der Waals surface area contributed by atoms with Gasteiger partial charge in [-0.25, -0.2) is 4.68 Å². The maximum absolute atomic E-state index is 12.5. The van der Waals surface area contributed by atoms with Crippen molar-refractivity contribution in [1.29, 1.82) is 0 Å². The van der Waals surface area contributed by atoms with Crippen molar-refractivity contribution in [3.8, 4) is 11.4 Å². The van der Waals surface area contributed by atoms with Crippen LogP contribution in [0.25, 0.3) is 5.69 Å². The molecule has 0 bridgehead atoms. The quantitative estimate of drug-likeness (QED) is 0.667. The Kier molecular flexibility index (Phi) is 4.59. The van der Waals surface area contributed by atoms with Crippen LogP contribution in [0.3, 0.4) is 0 Å². The molecule has 1 heterocycles. The number of halogens is 2. The molecule has 118 valence electrons. The molecule has 23 heavy (non-hydrogen) atoms. The van der Waals surface area contributed by atoms with Gasteiger partial charge in [-0.3, -0.25) is 9.48 Å². The normalized spacial score (nSPS) is 10.7. The second kappa shape index (κ2) is 6.64. The molecular formula is C17H14BrClN2O2. The Balaban J connectivity index is 1.95. The largest absolute Gasteiger partial charge is 0.486 e. The van der Waals surface area contributed by atoms with E-state index < -0.39 is 0 Å². The molecule has 4 nitrogen and oxygen atoms in total. The SMILES string of the molecule is Cn1c(COc2ccccc2Cl)c(Br)c(=O)n1-c1ccccc1. The molecule has 0 saturated carbocycles. The highest BCUT2D eigenvalue weighted by Crippen LogP contribution is 2.25. The van der Waals surface area contributed by atoms with Crippen LogP contribution < -0.4 is 10.3 Å². The van der Waals surface area contributed by atoms with E-state index in [1.165, 1.54) is 0 Å². The predicted octanol–water partition coefficient (Wildman–Crippen LogP) is 4.17. The van der Waals surface area contributed by atoms with E-state index in [9.17, 15) is 4.79 Å². The Morgan fingerprint density at radius 3 is 2.43 bits per heavy atom. The zero-order valence-electron chi connectivity index (χ0n) is 12.4. The average Bonchev–Trinajstić information content (AvgIpc) is 2.78. The number of rotatable bonds is 4. The minimum Gasteiger partial charge on any atom is -0.486 e. The molecule has 0 saturated heterocycles. The summed E-state index contributed by atoms with van der Waals surface area (Å²) in [7, 11) is 1.82. The Bertz CT molecular complexity index is 887. The van der Waals surface area contributed by atoms with Gasteiger partial charge in [0.15, 0.2) is 0 Å². The third-order valence-electron chi connectivity index (χ3n) is 3.53. The summed E-state index contributed by atoms with van der Waals surface area (Å²) < 4.78 is 9.61. The fraction of sp³-hybridized carbons (Fsp3) is 0.118. The number of nitrogens with zero attached hydrogens (tertiary/aromatic N) is 2. The second-order valence-electron chi connectivity index (χ2n) is 4.96. The lowest BCUT2D eigenvalue weighted by atomic mass is 10.3. The van der Waals surface area contributed by atoms with Gasteiger partial charge in [-0.2, -0.15) is 0 Å². The molecule has 6 heteroatoms. The Morgan fingerprint density at radius 2 is 1.74 bits per heavy atom. The van der Waals surface area contributed by atoms with Crippen molar-refractivity contribution in [3.63, 3.8) is 0 Å². The van der Waals surface area contributed by atoms with Gasteiger partial charge in [-0.1, -0.05) is 41.9 Å². The fourth-order valence-corrected chi connectivity index (χ4v) is 3.07. The molecule has 3 rings (SSSR count). The van der Waals surface area contributed by atoms with Crippen LogP contribution >= 0.6 is 27.5 Å². The molecular weight excluding hydrogens is 380 g/mol. The first kappa shape index (κ1) is 15.9. The van der Waals surface area contributed by atoms with Crippen LogP contribution in [0.2, 0.25) is 5.02 Å². The molecule has 0 atom stereocenters. The molecule has 2 aromatic carbocycles. The van der Waals surface area contributed by atoms with Gasteiger partial charge in [0.05, 0.1) is 16.4 Å². The van der Waals surface area contributed by atoms with Gasteiger partial charge in [-0.15, -0.1) is 0 Å². The minimum atomic E-state index is -0.128. The second-order valence-corrected chi connectivity index (χ2v) is 6.16. The van der Waals surface area contributed by atoms with E-state index in [0.717, 1.165) is 11.4 Å². The van der Waals surface area contributed by atoms with Gasteiger partial charge in [0.2, 0.25) is 0 Å². The van der Waals surface area contributed by atoms with E-state index in [1.54, 1.807) is 21.5 Å². The molecule has 1 aromatic heterocycles. The number of ether oxygens (including phenoxy) is 1. The zero-order valence-corrected chi connectivity index (χ0v) is 14.7. The highest BCUT2D eigenvalue weighted by atomic mass is 79.9.